The van der Waals surface area contributed by atoms with E-state index in [1.807, 2.05) is 31.2 Å². The van der Waals surface area contributed by atoms with E-state index in [0.717, 1.165) is 29.7 Å². The monoisotopic (exact) mass is 512 g/mol. The molecular weight excluding hydrogens is 484 g/mol. The summed E-state index contributed by atoms with van der Waals surface area (Å²) in [4.78, 5) is 27.7. The highest BCUT2D eigenvalue weighted by molar-refractivity contribution is 7.17. The molecule has 2 atom stereocenters. The summed E-state index contributed by atoms with van der Waals surface area (Å²) in [6.45, 7) is 6.27. The number of halogens is 1. The van der Waals surface area contributed by atoms with Gasteiger partial charge >= 0.3 is 0 Å². The standard InChI is InChI=1S/C27H29ClN2O4S/c1-4-33-22-11-6-5-10-21(22)29-26(32)24-20-13-12-16(2)14-23(20)35-27(24)30-25(31)17(3)34-19-9-7-8-18(28)15-19/h5-11,15-17H,4,12-14H2,1-3H3,(H,29,32)(H,30,31)/t16-,17+/m1/s1. The molecule has 1 aromatic heterocycles. The van der Waals surface area contributed by atoms with Crippen molar-refractivity contribution in [1.82, 2.24) is 0 Å². The van der Waals surface area contributed by atoms with Crippen LogP contribution >= 0.6 is 22.9 Å². The van der Waals surface area contributed by atoms with Crippen molar-refractivity contribution >= 4 is 45.4 Å². The van der Waals surface area contributed by atoms with Crippen LogP contribution in [0.4, 0.5) is 10.7 Å². The minimum absolute atomic E-state index is 0.261. The maximum absolute atomic E-state index is 13.5. The average Bonchev–Trinajstić information content (AvgIpc) is 3.17. The summed E-state index contributed by atoms with van der Waals surface area (Å²) in [7, 11) is 0. The summed E-state index contributed by atoms with van der Waals surface area (Å²) in [5.74, 6) is 1.05. The van der Waals surface area contributed by atoms with Crippen molar-refractivity contribution in [3.8, 4) is 11.5 Å². The van der Waals surface area contributed by atoms with E-state index < -0.39 is 6.10 Å². The highest BCUT2D eigenvalue weighted by Crippen LogP contribution is 2.40. The number of carbonyl (C=O) groups is 2. The first-order valence-corrected chi connectivity index (χ1v) is 13.0. The van der Waals surface area contributed by atoms with Crippen LogP contribution in [0.5, 0.6) is 11.5 Å². The SMILES string of the molecule is CCOc1ccccc1NC(=O)c1c(NC(=O)[C@H](C)Oc2cccc(Cl)c2)sc2c1CC[C@@H](C)C2. The van der Waals surface area contributed by atoms with Gasteiger partial charge in [-0.2, -0.15) is 0 Å². The van der Waals surface area contributed by atoms with E-state index in [4.69, 9.17) is 21.1 Å². The zero-order valence-electron chi connectivity index (χ0n) is 20.0. The van der Waals surface area contributed by atoms with Crippen molar-refractivity contribution in [2.75, 3.05) is 17.2 Å². The van der Waals surface area contributed by atoms with Gasteiger partial charge in [0.2, 0.25) is 0 Å². The van der Waals surface area contributed by atoms with Crippen molar-refractivity contribution < 1.29 is 19.1 Å². The van der Waals surface area contributed by atoms with Gasteiger partial charge < -0.3 is 20.1 Å². The number of rotatable bonds is 8. The predicted molar refractivity (Wildman–Crippen MR) is 141 cm³/mol. The molecule has 1 aliphatic carbocycles. The van der Waals surface area contributed by atoms with Gasteiger partial charge in [0.25, 0.3) is 11.8 Å². The van der Waals surface area contributed by atoms with E-state index >= 15 is 0 Å². The number of ether oxygens (including phenoxy) is 2. The summed E-state index contributed by atoms with van der Waals surface area (Å²) < 4.78 is 11.4. The van der Waals surface area contributed by atoms with Gasteiger partial charge in [0.1, 0.15) is 16.5 Å². The Bertz CT molecular complexity index is 1230. The highest BCUT2D eigenvalue weighted by Gasteiger charge is 2.29. The number of para-hydroxylation sites is 2. The Labute approximate surface area is 214 Å². The van der Waals surface area contributed by atoms with Crippen LogP contribution in [0.25, 0.3) is 0 Å². The Balaban J connectivity index is 1.59. The second-order valence-electron chi connectivity index (χ2n) is 8.65. The number of amides is 2. The second-order valence-corrected chi connectivity index (χ2v) is 10.2. The maximum atomic E-state index is 13.5. The molecule has 1 heterocycles. The lowest BCUT2D eigenvalue weighted by Crippen LogP contribution is -2.30. The Kier molecular flexibility index (Phi) is 7.98. The highest BCUT2D eigenvalue weighted by atomic mass is 35.5. The summed E-state index contributed by atoms with van der Waals surface area (Å²) in [5.41, 5.74) is 2.13. The number of hydrogen-bond acceptors (Lipinski definition) is 5. The molecule has 1 aliphatic rings. The zero-order chi connectivity index (χ0) is 24.9. The van der Waals surface area contributed by atoms with E-state index in [9.17, 15) is 9.59 Å². The van der Waals surface area contributed by atoms with Crippen LogP contribution in [-0.2, 0) is 17.6 Å². The molecule has 2 N–H and O–H groups in total. The molecule has 0 unspecified atom stereocenters. The number of hydrogen-bond donors (Lipinski definition) is 2. The van der Waals surface area contributed by atoms with Crippen LogP contribution in [-0.4, -0.2) is 24.5 Å². The molecule has 0 spiro atoms. The molecule has 4 rings (SSSR count). The van der Waals surface area contributed by atoms with Crippen molar-refractivity contribution in [2.45, 2.75) is 46.1 Å². The van der Waals surface area contributed by atoms with Crippen LogP contribution < -0.4 is 20.1 Å². The molecule has 6 nitrogen and oxygen atoms in total. The molecule has 3 aromatic rings. The van der Waals surface area contributed by atoms with Gasteiger partial charge in [0.05, 0.1) is 17.9 Å². The molecule has 0 saturated carbocycles. The van der Waals surface area contributed by atoms with E-state index in [-0.39, 0.29) is 11.8 Å². The van der Waals surface area contributed by atoms with Gasteiger partial charge in [-0.15, -0.1) is 11.3 Å². The zero-order valence-corrected chi connectivity index (χ0v) is 21.6. The number of thiophene rings is 1. The fraction of sp³-hybridized carbons (Fsp3) is 0.333. The fourth-order valence-corrected chi connectivity index (χ4v) is 5.72. The maximum Gasteiger partial charge on any atom is 0.265 e. The molecule has 0 aliphatic heterocycles. The number of nitrogens with one attached hydrogen (secondary N) is 2. The summed E-state index contributed by atoms with van der Waals surface area (Å²) in [6.07, 6.45) is 1.91. The first-order valence-electron chi connectivity index (χ1n) is 11.8. The Morgan fingerprint density at radius 1 is 1.17 bits per heavy atom. The Morgan fingerprint density at radius 2 is 1.97 bits per heavy atom. The van der Waals surface area contributed by atoms with Crippen molar-refractivity contribution in [3.63, 3.8) is 0 Å². The van der Waals surface area contributed by atoms with Crippen molar-refractivity contribution in [3.05, 3.63) is 69.6 Å². The molecule has 184 valence electrons. The topological polar surface area (TPSA) is 76.7 Å². The van der Waals surface area contributed by atoms with Gasteiger partial charge in [-0.05, 0) is 74.9 Å². The van der Waals surface area contributed by atoms with Gasteiger partial charge in [-0.3, -0.25) is 9.59 Å². The average molecular weight is 513 g/mol. The molecule has 8 heteroatoms. The van der Waals surface area contributed by atoms with E-state index in [1.54, 1.807) is 31.2 Å². The van der Waals surface area contributed by atoms with Crippen molar-refractivity contribution in [2.24, 2.45) is 5.92 Å². The molecule has 35 heavy (non-hydrogen) atoms. The quantitative estimate of drug-likeness (QED) is 0.357. The van der Waals surface area contributed by atoms with Gasteiger partial charge in [0.15, 0.2) is 6.10 Å². The molecule has 0 radical (unpaired) electrons. The summed E-state index contributed by atoms with van der Waals surface area (Å²) in [6, 6.07) is 14.2. The number of anilines is 2. The Morgan fingerprint density at radius 3 is 2.74 bits per heavy atom. The van der Waals surface area contributed by atoms with Crippen LogP contribution in [0.15, 0.2) is 48.5 Å². The lowest BCUT2D eigenvalue weighted by molar-refractivity contribution is -0.122. The van der Waals surface area contributed by atoms with Crippen LogP contribution in [0.2, 0.25) is 5.02 Å². The minimum atomic E-state index is -0.777. The molecule has 2 aromatic carbocycles. The molecule has 2 amide bonds. The summed E-state index contributed by atoms with van der Waals surface area (Å²) in [5, 5.41) is 7.02. The Hall–Kier alpha value is -3.03. The largest absolute Gasteiger partial charge is 0.492 e. The number of carbonyl (C=O) groups excluding carboxylic acids is 2. The second kappa shape index (κ2) is 11.1. The van der Waals surface area contributed by atoms with Crippen LogP contribution in [0, 0.1) is 5.92 Å². The third kappa shape index (κ3) is 5.97. The van der Waals surface area contributed by atoms with Gasteiger partial charge in [0, 0.05) is 9.90 Å². The van der Waals surface area contributed by atoms with E-state index in [0.29, 0.717) is 45.3 Å². The lowest BCUT2D eigenvalue weighted by Gasteiger charge is -2.19. The minimum Gasteiger partial charge on any atom is -0.492 e. The van der Waals surface area contributed by atoms with E-state index in [2.05, 4.69) is 17.6 Å². The first-order chi connectivity index (χ1) is 16.9. The predicted octanol–water partition coefficient (Wildman–Crippen LogP) is 6.58. The smallest absolute Gasteiger partial charge is 0.265 e. The first kappa shape index (κ1) is 25.1. The molecule has 0 fully saturated rings. The van der Waals surface area contributed by atoms with Gasteiger partial charge in [-0.25, -0.2) is 0 Å². The lowest BCUT2D eigenvalue weighted by atomic mass is 9.88. The van der Waals surface area contributed by atoms with E-state index in [1.165, 1.54) is 11.3 Å². The van der Waals surface area contributed by atoms with Gasteiger partial charge in [-0.1, -0.05) is 36.7 Å². The third-order valence-electron chi connectivity index (χ3n) is 5.89. The van der Waals surface area contributed by atoms with Crippen LogP contribution in [0.1, 0.15) is 48.0 Å². The normalized spacial score (nSPS) is 15.6. The number of benzene rings is 2. The fourth-order valence-electron chi connectivity index (χ4n) is 4.13. The molecule has 0 saturated heterocycles. The molecule has 0 bridgehead atoms. The third-order valence-corrected chi connectivity index (χ3v) is 7.29. The van der Waals surface area contributed by atoms with Crippen LogP contribution in [0.3, 0.4) is 0 Å². The summed E-state index contributed by atoms with van der Waals surface area (Å²) >= 11 is 7.50. The van der Waals surface area contributed by atoms with Crippen molar-refractivity contribution in [1.29, 1.82) is 0 Å². The number of fused-ring (bicyclic) bond motifs is 1. The molecular formula is C27H29ClN2O4S.